The maximum Gasteiger partial charge on any atom is 0.223 e. The van der Waals surface area contributed by atoms with Crippen LogP contribution in [-0.4, -0.2) is 38.1 Å². The van der Waals surface area contributed by atoms with Crippen LogP contribution in [0.15, 0.2) is 98.1 Å². The summed E-state index contributed by atoms with van der Waals surface area (Å²) in [4.78, 5) is 23.5. The summed E-state index contributed by atoms with van der Waals surface area (Å²) >= 11 is 0. The highest BCUT2D eigenvalue weighted by atomic mass is 16.5. The Kier molecular flexibility index (Phi) is 11.6. The number of benzene rings is 4. The van der Waals surface area contributed by atoms with Gasteiger partial charge in [0, 0.05) is 31.3 Å². The van der Waals surface area contributed by atoms with Gasteiger partial charge in [-0.1, -0.05) is 66.7 Å². The van der Waals surface area contributed by atoms with E-state index in [1.165, 1.54) is 5.56 Å². The van der Waals surface area contributed by atoms with E-state index in [0.29, 0.717) is 39.1 Å². The second-order valence-electron chi connectivity index (χ2n) is 10.2. The predicted octanol–water partition coefficient (Wildman–Crippen LogP) is 6.70. The smallest absolute Gasteiger partial charge is 0.223 e. The number of carbonyl (C=O) groups excluding carboxylic acids is 2. The van der Waals surface area contributed by atoms with Gasteiger partial charge in [0.05, 0.1) is 13.2 Å². The van der Waals surface area contributed by atoms with Crippen molar-refractivity contribution < 1.29 is 19.1 Å². The molecule has 0 spiro atoms. The Morgan fingerprint density at radius 2 is 1.29 bits per heavy atom. The number of rotatable bonds is 17. The van der Waals surface area contributed by atoms with Gasteiger partial charge >= 0.3 is 0 Å². The molecule has 4 aromatic rings. The molecule has 0 saturated heterocycles. The molecule has 0 aliphatic heterocycles. The standard InChI is InChI=1S/C36H40N2O4/c1-3-10-34(39)37-22-20-28-13-7-12-27-18-19-31(26-32(27)28)41-24-5-6-25-42-33-17-9-16-29-14-8-15-30(36(29)33)21-23-38-35(40)11-4-2/h3-4,7-9,12-19,26H,1-2,5-6,10-11,20-25H2,(H,37,39)(H,38,40). The topological polar surface area (TPSA) is 76.7 Å². The molecule has 6 heteroatoms. The van der Waals surface area contributed by atoms with E-state index in [1.54, 1.807) is 12.2 Å². The summed E-state index contributed by atoms with van der Waals surface area (Å²) in [7, 11) is 0. The molecule has 6 nitrogen and oxygen atoms in total. The van der Waals surface area contributed by atoms with E-state index < -0.39 is 0 Å². The average Bonchev–Trinajstić information content (AvgIpc) is 2.99. The highest BCUT2D eigenvalue weighted by Crippen LogP contribution is 2.30. The van der Waals surface area contributed by atoms with Gasteiger partial charge in [0.2, 0.25) is 11.8 Å². The van der Waals surface area contributed by atoms with Gasteiger partial charge in [-0.3, -0.25) is 9.59 Å². The number of amides is 2. The van der Waals surface area contributed by atoms with Crippen molar-refractivity contribution in [2.45, 2.75) is 38.5 Å². The largest absolute Gasteiger partial charge is 0.494 e. The average molecular weight is 565 g/mol. The molecule has 4 rings (SSSR count). The van der Waals surface area contributed by atoms with Crippen LogP contribution >= 0.6 is 0 Å². The first-order chi connectivity index (χ1) is 20.6. The molecule has 0 radical (unpaired) electrons. The van der Waals surface area contributed by atoms with Crippen LogP contribution < -0.4 is 20.1 Å². The van der Waals surface area contributed by atoms with Gasteiger partial charge < -0.3 is 20.1 Å². The molecule has 0 aromatic heterocycles. The van der Waals surface area contributed by atoms with Gasteiger partial charge in [0.1, 0.15) is 11.5 Å². The molecule has 2 N–H and O–H groups in total. The lowest BCUT2D eigenvalue weighted by Gasteiger charge is -2.14. The third kappa shape index (κ3) is 8.71. The molecular weight excluding hydrogens is 524 g/mol. The Morgan fingerprint density at radius 3 is 1.98 bits per heavy atom. The van der Waals surface area contributed by atoms with Gasteiger partial charge in [-0.15, -0.1) is 13.2 Å². The minimum absolute atomic E-state index is 0.0102. The number of hydrogen-bond acceptors (Lipinski definition) is 4. The normalized spacial score (nSPS) is 10.8. The fourth-order valence-electron chi connectivity index (χ4n) is 4.99. The summed E-state index contributed by atoms with van der Waals surface area (Å²) in [6.07, 6.45) is 7.08. The molecule has 0 aliphatic carbocycles. The van der Waals surface area contributed by atoms with Gasteiger partial charge in [0.15, 0.2) is 0 Å². The molecule has 218 valence electrons. The molecule has 0 aliphatic rings. The maximum atomic E-state index is 11.8. The van der Waals surface area contributed by atoms with Crippen LogP contribution in [-0.2, 0) is 22.4 Å². The van der Waals surface area contributed by atoms with Crippen LogP contribution in [0.4, 0.5) is 0 Å². The Bertz CT molecular complexity index is 1520. The summed E-state index contributed by atoms with van der Waals surface area (Å²) in [5, 5.41) is 10.4. The maximum absolute atomic E-state index is 11.8. The Hall–Kier alpha value is -4.58. The summed E-state index contributed by atoms with van der Waals surface area (Å²) in [6.45, 7) is 9.57. The van der Waals surface area contributed by atoms with E-state index in [2.05, 4.69) is 66.3 Å². The van der Waals surface area contributed by atoms with E-state index >= 15 is 0 Å². The lowest BCUT2D eigenvalue weighted by Crippen LogP contribution is -2.24. The molecule has 0 atom stereocenters. The zero-order valence-electron chi connectivity index (χ0n) is 24.2. The molecule has 0 fully saturated rings. The SMILES string of the molecule is C=CCC(=O)NCCc1cccc2ccc(OCCCCOc3cccc4cccc(CCNC(=O)CC=C)c34)cc12. The van der Waals surface area contributed by atoms with E-state index in [1.807, 2.05) is 30.3 Å². The zero-order chi connectivity index (χ0) is 29.6. The minimum atomic E-state index is -0.0158. The van der Waals surface area contributed by atoms with E-state index in [-0.39, 0.29) is 11.8 Å². The van der Waals surface area contributed by atoms with Crippen LogP contribution in [0.2, 0.25) is 0 Å². The number of unbranched alkanes of at least 4 members (excludes halogenated alkanes) is 1. The van der Waals surface area contributed by atoms with Crippen LogP contribution in [0, 0.1) is 0 Å². The molecule has 42 heavy (non-hydrogen) atoms. The van der Waals surface area contributed by atoms with E-state index in [0.717, 1.165) is 64.3 Å². The number of fused-ring (bicyclic) bond motifs is 2. The number of ether oxygens (including phenoxy) is 2. The highest BCUT2D eigenvalue weighted by Gasteiger charge is 2.09. The summed E-state index contributed by atoms with van der Waals surface area (Å²) < 4.78 is 12.3. The Morgan fingerprint density at radius 1 is 0.690 bits per heavy atom. The van der Waals surface area contributed by atoms with Gasteiger partial charge in [-0.25, -0.2) is 0 Å². The van der Waals surface area contributed by atoms with Gasteiger partial charge in [-0.05, 0) is 71.2 Å². The summed E-state index contributed by atoms with van der Waals surface area (Å²) in [6, 6.07) is 24.7. The Labute approximate surface area is 248 Å². The van der Waals surface area contributed by atoms with Gasteiger partial charge in [-0.2, -0.15) is 0 Å². The fraction of sp³-hybridized carbons (Fsp3) is 0.278. The van der Waals surface area contributed by atoms with E-state index in [9.17, 15) is 9.59 Å². The number of hydrogen-bond donors (Lipinski definition) is 2. The zero-order valence-corrected chi connectivity index (χ0v) is 24.2. The van der Waals surface area contributed by atoms with Crippen LogP contribution in [0.3, 0.4) is 0 Å². The predicted molar refractivity (Wildman–Crippen MR) is 171 cm³/mol. The van der Waals surface area contributed by atoms with Crippen molar-refractivity contribution in [2.75, 3.05) is 26.3 Å². The second kappa shape index (κ2) is 16.0. The second-order valence-corrected chi connectivity index (χ2v) is 10.2. The van der Waals surface area contributed by atoms with Crippen LogP contribution in [0.5, 0.6) is 11.5 Å². The first-order valence-electron chi connectivity index (χ1n) is 14.6. The Balaban J connectivity index is 1.27. The monoisotopic (exact) mass is 564 g/mol. The molecular formula is C36H40N2O4. The van der Waals surface area contributed by atoms with Crippen molar-refractivity contribution in [1.29, 1.82) is 0 Å². The summed E-state index contributed by atoms with van der Waals surface area (Å²) in [5.74, 6) is 1.68. The third-order valence-electron chi connectivity index (χ3n) is 7.05. The highest BCUT2D eigenvalue weighted by molar-refractivity contribution is 5.91. The van der Waals surface area contributed by atoms with Gasteiger partial charge in [0.25, 0.3) is 0 Å². The van der Waals surface area contributed by atoms with Crippen molar-refractivity contribution in [3.8, 4) is 11.5 Å². The van der Waals surface area contributed by atoms with Crippen LogP contribution in [0.1, 0.15) is 36.8 Å². The van der Waals surface area contributed by atoms with E-state index in [4.69, 9.17) is 9.47 Å². The first kappa shape index (κ1) is 30.4. The first-order valence-corrected chi connectivity index (χ1v) is 14.6. The molecule has 0 heterocycles. The molecule has 2 amide bonds. The summed E-state index contributed by atoms with van der Waals surface area (Å²) in [5.41, 5.74) is 2.33. The van der Waals surface area contributed by atoms with Crippen molar-refractivity contribution in [2.24, 2.45) is 0 Å². The minimum Gasteiger partial charge on any atom is -0.494 e. The molecule has 0 unspecified atom stereocenters. The molecule has 4 aromatic carbocycles. The van der Waals surface area contributed by atoms with Crippen molar-refractivity contribution >= 4 is 33.4 Å². The number of carbonyl (C=O) groups is 2. The lowest BCUT2D eigenvalue weighted by molar-refractivity contribution is -0.121. The lowest BCUT2D eigenvalue weighted by atomic mass is 10.0. The van der Waals surface area contributed by atoms with Crippen LogP contribution in [0.25, 0.3) is 21.5 Å². The van der Waals surface area contributed by atoms with Crippen molar-refractivity contribution in [3.05, 3.63) is 109 Å². The fourth-order valence-corrected chi connectivity index (χ4v) is 4.99. The third-order valence-corrected chi connectivity index (χ3v) is 7.05. The number of nitrogens with one attached hydrogen (secondary N) is 2. The van der Waals surface area contributed by atoms with Crippen molar-refractivity contribution in [3.63, 3.8) is 0 Å². The molecule has 0 saturated carbocycles. The quantitative estimate of drug-likeness (QED) is 0.111. The molecule has 0 bridgehead atoms. The van der Waals surface area contributed by atoms with Crippen molar-refractivity contribution in [1.82, 2.24) is 10.6 Å².